The summed E-state index contributed by atoms with van der Waals surface area (Å²) < 4.78 is 34.1. The van der Waals surface area contributed by atoms with Gasteiger partial charge in [0.2, 0.25) is 0 Å². The summed E-state index contributed by atoms with van der Waals surface area (Å²) in [6, 6.07) is 22.4. The van der Waals surface area contributed by atoms with Gasteiger partial charge in [-0.2, -0.15) is 0 Å². The molecule has 0 atom stereocenters. The number of hydrogen-bond donors (Lipinski definition) is 0. The Balaban J connectivity index is 1.33. The number of rotatable bonds is 6. The van der Waals surface area contributed by atoms with Crippen LogP contribution in [-0.2, 0) is 10.0 Å². The first kappa shape index (κ1) is 25.1. The molecule has 1 fully saturated rings. The lowest BCUT2D eigenvalue weighted by molar-refractivity contribution is 0.0751. The second-order valence-electron chi connectivity index (χ2n) is 9.05. The van der Waals surface area contributed by atoms with Crippen molar-refractivity contribution in [1.82, 2.24) is 4.90 Å². The standard InChI is InChI=1S/C28H29N3O4S2/c1-20-17-24(10-11-25(20)35-3)37(33,34)29(2)23-9-12-26-21(18-23)19-27(36-26)28(32)31-15-13-30(14-16-31)22-7-5-4-6-8-22/h4-12,17-19H,13-16H2,1-3H3. The number of thiophene rings is 1. The van der Waals surface area contributed by atoms with Crippen molar-refractivity contribution in [2.45, 2.75) is 11.8 Å². The fourth-order valence-electron chi connectivity index (χ4n) is 4.60. The molecule has 1 aliphatic rings. The van der Waals surface area contributed by atoms with E-state index in [1.807, 2.05) is 48.2 Å². The van der Waals surface area contributed by atoms with Crippen molar-refractivity contribution in [3.05, 3.63) is 83.2 Å². The number of fused-ring (bicyclic) bond motifs is 1. The summed E-state index contributed by atoms with van der Waals surface area (Å²) in [7, 11) is -0.661. The molecule has 1 aromatic heterocycles. The van der Waals surface area contributed by atoms with Gasteiger partial charge in [0.25, 0.3) is 15.9 Å². The van der Waals surface area contributed by atoms with Gasteiger partial charge in [-0.1, -0.05) is 18.2 Å². The summed E-state index contributed by atoms with van der Waals surface area (Å²) >= 11 is 1.44. The summed E-state index contributed by atoms with van der Waals surface area (Å²) in [5, 5.41) is 0.849. The van der Waals surface area contributed by atoms with Gasteiger partial charge in [-0.3, -0.25) is 9.10 Å². The molecule has 2 heterocycles. The second kappa shape index (κ2) is 10.1. The topological polar surface area (TPSA) is 70.2 Å². The predicted octanol–water partition coefficient (Wildman–Crippen LogP) is 5.01. The Kier molecular flexibility index (Phi) is 6.83. The molecular formula is C28H29N3O4S2. The fraction of sp³-hybridized carbons (Fsp3) is 0.250. The van der Waals surface area contributed by atoms with Gasteiger partial charge in [-0.05, 0) is 72.5 Å². The van der Waals surface area contributed by atoms with Crippen molar-refractivity contribution in [3.63, 3.8) is 0 Å². The van der Waals surface area contributed by atoms with Crippen molar-refractivity contribution in [2.24, 2.45) is 0 Å². The molecular weight excluding hydrogens is 506 g/mol. The smallest absolute Gasteiger partial charge is 0.264 e. The van der Waals surface area contributed by atoms with Crippen LogP contribution in [0.4, 0.5) is 11.4 Å². The van der Waals surface area contributed by atoms with E-state index in [1.165, 1.54) is 21.3 Å². The van der Waals surface area contributed by atoms with Gasteiger partial charge < -0.3 is 14.5 Å². The zero-order valence-electron chi connectivity index (χ0n) is 21.0. The first-order valence-corrected chi connectivity index (χ1v) is 14.3. The summed E-state index contributed by atoms with van der Waals surface area (Å²) in [5.74, 6) is 0.658. The number of methoxy groups -OCH3 is 1. The number of benzene rings is 3. The quantitative estimate of drug-likeness (QED) is 0.347. The van der Waals surface area contributed by atoms with Crippen LogP contribution in [0, 0.1) is 6.92 Å². The van der Waals surface area contributed by atoms with E-state index < -0.39 is 10.0 Å². The van der Waals surface area contributed by atoms with Gasteiger partial charge in [0.15, 0.2) is 0 Å². The number of aryl methyl sites for hydroxylation is 1. The van der Waals surface area contributed by atoms with Crippen molar-refractivity contribution in [3.8, 4) is 5.75 Å². The van der Waals surface area contributed by atoms with Gasteiger partial charge >= 0.3 is 0 Å². The maximum atomic E-state index is 13.3. The van der Waals surface area contributed by atoms with E-state index in [2.05, 4.69) is 17.0 Å². The SMILES string of the molecule is COc1ccc(S(=O)(=O)N(C)c2ccc3sc(C(=O)N4CCN(c5ccccc5)CC4)cc3c2)cc1C. The predicted molar refractivity (Wildman–Crippen MR) is 150 cm³/mol. The van der Waals surface area contributed by atoms with Crippen LogP contribution in [0.2, 0.25) is 0 Å². The highest BCUT2D eigenvalue weighted by molar-refractivity contribution is 7.92. The van der Waals surface area contributed by atoms with Crippen LogP contribution in [0.1, 0.15) is 15.2 Å². The lowest BCUT2D eigenvalue weighted by atomic mass is 10.2. The van der Waals surface area contributed by atoms with Crippen molar-refractivity contribution < 1.29 is 17.9 Å². The number of carbonyl (C=O) groups is 1. The Morgan fingerprint density at radius 3 is 2.35 bits per heavy atom. The molecule has 4 aromatic rings. The van der Waals surface area contributed by atoms with E-state index in [-0.39, 0.29) is 10.8 Å². The molecule has 9 heteroatoms. The lowest BCUT2D eigenvalue weighted by Crippen LogP contribution is -2.48. The van der Waals surface area contributed by atoms with Gasteiger partial charge in [0, 0.05) is 43.6 Å². The minimum absolute atomic E-state index is 0.0187. The largest absolute Gasteiger partial charge is 0.496 e. The molecule has 0 saturated carbocycles. The molecule has 1 saturated heterocycles. The molecule has 3 aromatic carbocycles. The van der Waals surface area contributed by atoms with E-state index in [0.717, 1.165) is 28.7 Å². The van der Waals surface area contributed by atoms with Crippen LogP contribution in [0.25, 0.3) is 10.1 Å². The number of piperazine rings is 1. The third-order valence-electron chi connectivity index (χ3n) is 6.79. The summed E-state index contributed by atoms with van der Waals surface area (Å²) in [5.41, 5.74) is 2.46. The number of para-hydroxylation sites is 1. The summed E-state index contributed by atoms with van der Waals surface area (Å²) in [4.78, 5) is 18.3. The monoisotopic (exact) mass is 535 g/mol. The molecule has 5 rings (SSSR count). The number of amides is 1. The lowest BCUT2D eigenvalue weighted by Gasteiger charge is -2.35. The minimum atomic E-state index is -3.76. The van der Waals surface area contributed by atoms with E-state index in [4.69, 9.17) is 4.74 Å². The van der Waals surface area contributed by atoms with Crippen LogP contribution in [0.5, 0.6) is 5.75 Å². The van der Waals surface area contributed by atoms with Gasteiger partial charge in [-0.25, -0.2) is 8.42 Å². The molecule has 0 radical (unpaired) electrons. The molecule has 0 aliphatic carbocycles. The average molecular weight is 536 g/mol. The van der Waals surface area contributed by atoms with E-state index in [9.17, 15) is 13.2 Å². The molecule has 0 bridgehead atoms. The first-order chi connectivity index (χ1) is 17.8. The average Bonchev–Trinajstić information content (AvgIpc) is 3.36. The number of anilines is 2. The number of nitrogens with zero attached hydrogens (tertiary/aromatic N) is 3. The second-order valence-corrected chi connectivity index (χ2v) is 12.1. The minimum Gasteiger partial charge on any atom is -0.496 e. The Labute approximate surface area is 221 Å². The first-order valence-electron chi connectivity index (χ1n) is 12.0. The summed E-state index contributed by atoms with van der Waals surface area (Å²) in [6.45, 7) is 4.72. The van der Waals surface area contributed by atoms with Crippen LogP contribution in [0.15, 0.2) is 77.7 Å². The van der Waals surface area contributed by atoms with Crippen LogP contribution in [0.3, 0.4) is 0 Å². The maximum Gasteiger partial charge on any atom is 0.264 e. The number of ether oxygens (including phenoxy) is 1. The maximum absolute atomic E-state index is 13.3. The van der Waals surface area contributed by atoms with Crippen molar-refractivity contribution in [2.75, 3.05) is 49.5 Å². The van der Waals surface area contributed by atoms with E-state index in [1.54, 1.807) is 38.4 Å². The fourth-order valence-corrected chi connectivity index (χ4v) is 6.89. The molecule has 192 valence electrons. The molecule has 1 aliphatic heterocycles. The van der Waals surface area contributed by atoms with Gasteiger partial charge in [-0.15, -0.1) is 11.3 Å². The Morgan fingerprint density at radius 1 is 0.946 bits per heavy atom. The molecule has 37 heavy (non-hydrogen) atoms. The molecule has 0 N–H and O–H groups in total. The third kappa shape index (κ3) is 4.89. The number of carbonyl (C=O) groups excluding carboxylic acids is 1. The zero-order chi connectivity index (χ0) is 26.2. The van der Waals surface area contributed by atoms with E-state index in [0.29, 0.717) is 29.4 Å². The zero-order valence-corrected chi connectivity index (χ0v) is 22.7. The Hall–Kier alpha value is -3.56. The normalized spacial score (nSPS) is 14.1. The van der Waals surface area contributed by atoms with Gasteiger partial charge in [0.05, 0.1) is 22.6 Å². The number of hydrogen-bond acceptors (Lipinski definition) is 6. The molecule has 0 spiro atoms. The number of sulfonamides is 1. The molecule has 0 unspecified atom stereocenters. The van der Waals surface area contributed by atoms with Gasteiger partial charge in [0.1, 0.15) is 5.75 Å². The van der Waals surface area contributed by atoms with Crippen LogP contribution in [-0.4, -0.2) is 59.6 Å². The third-order valence-corrected chi connectivity index (χ3v) is 9.67. The Morgan fingerprint density at radius 2 is 1.68 bits per heavy atom. The van der Waals surface area contributed by atoms with E-state index >= 15 is 0 Å². The van der Waals surface area contributed by atoms with Crippen molar-refractivity contribution >= 4 is 48.7 Å². The molecule has 1 amide bonds. The summed E-state index contributed by atoms with van der Waals surface area (Å²) in [6.07, 6.45) is 0. The highest BCUT2D eigenvalue weighted by Crippen LogP contribution is 2.33. The molecule has 7 nitrogen and oxygen atoms in total. The Bertz CT molecular complexity index is 1540. The van der Waals surface area contributed by atoms with Crippen molar-refractivity contribution in [1.29, 1.82) is 0 Å². The highest BCUT2D eigenvalue weighted by atomic mass is 32.2. The van der Waals surface area contributed by atoms with Crippen LogP contribution >= 0.6 is 11.3 Å². The highest BCUT2D eigenvalue weighted by Gasteiger charge is 2.25. The van der Waals surface area contributed by atoms with Crippen LogP contribution < -0.4 is 13.9 Å².